The van der Waals surface area contributed by atoms with Gasteiger partial charge in [-0.2, -0.15) is 4.98 Å². The number of benzene rings is 1. The summed E-state index contributed by atoms with van der Waals surface area (Å²) in [5, 5.41) is 0. The average molecular weight is 284 g/mol. The Hall–Kier alpha value is -1.47. The third-order valence-electron chi connectivity index (χ3n) is 2.31. The molecule has 0 aliphatic heterocycles. The summed E-state index contributed by atoms with van der Waals surface area (Å²) in [6.07, 6.45) is 0. The summed E-state index contributed by atoms with van der Waals surface area (Å²) in [5.74, 6) is -0.0778. The molecule has 0 saturated carbocycles. The van der Waals surface area contributed by atoms with Gasteiger partial charge in [0.2, 0.25) is 14.2 Å². The molecule has 1 heterocycles. The van der Waals surface area contributed by atoms with Crippen LogP contribution in [0.25, 0.3) is 0 Å². The second kappa shape index (κ2) is 5.03. The molecule has 0 bridgehead atoms. The van der Waals surface area contributed by atoms with Gasteiger partial charge >= 0.3 is 6.01 Å². The van der Waals surface area contributed by atoms with Crippen molar-refractivity contribution in [2.75, 3.05) is 7.11 Å². The second-order valence-electron chi connectivity index (χ2n) is 3.79. The third-order valence-corrected chi connectivity index (χ3v) is 5.13. The highest BCUT2D eigenvalue weighted by Crippen LogP contribution is 2.20. The SMILES string of the molecule is COc1nsc(S(=O)(=O)Cc2ccc(C)cc2)n1. The predicted octanol–water partition coefficient (Wildman–Crippen LogP) is 1.83. The predicted molar refractivity (Wildman–Crippen MR) is 68.5 cm³/mol. The lowest BCUT2D eigenvalue weighted by Gasteiger charge is -2.01. The number of nitrogens with zero attached hydrogens (tertiary/aromatic N) is 2. The van der Waals surface area contributed by atoms with Gasteiger partial charge in [-0.25, -0.2) is 8.42 Å². The number of sulfone groups is 1. The summed E-state index contributed by atoms with van der Waals surface area (Å²) in [4.78, 5) is 3.81. The van der Waals surface area contributed by atoms with E-state index in [0.29, 0.717) is 0 Å². The fourth-order valence-electron chi connectivity index (χ4n) is 1.37. The number of hydrogen-bond donors (Lipinski definition) is 0. The van der Waals surface area contributed by atoms with E-state index in [1.807, 2.05) is 19.1 Å². The molecule has 7 heteroatoms. The van der Waals surface area contributed by atoms with Crippen LogP contribution in [0.4, 0.5) is 0 Å². The van der Waals surface area contributed by atoms with E-state index in [1.165, 1.54) is 7.11 Å². The molecule has 96 valence electrons. The molecular formula is C11H12N2O3S2. The Kier molecular flexibility index (Phi) is 3.63. The Balaban J connectivity index is 2.24. The van der Waals surface area contributed by atoms with Crippen molar-refractivity contribution in [3.8, 4) is 6.01 Å². The smallest absolute Gasteiger partial charge is 0.329 e. The van der Waals surface area contributed by atoms with Gasteiger partial charge < -0.3 is 4.74 Å². The van der Waals surface area contributed by atoms with Gasteiger partial charge in [-0.3, -0.25) is 0 Å². The number of rotatable bonds is 4. The van der Waals surface area contributed by atoms with Crippen LogP contribution < -0.4 is 4.74 Å². The van der Waals surface area contributed by atoms with Crippen molar-refractivity contribution in [2.24, 2.45) is 0 Å². The number of hydrogen-bond acceptors (Lipinski definition) is 6. The second-order valence-corrected chi connectivity index (χ2v) is 6.71. The van der Waals surface area contributed by atoms with Crippen LogP contribution in [0.15, 0.2) is 28.6 Å². The van der Waals surface area contributed by atoms with Gasteiger partial charge in [0, 0.05) is 11.5 Å². The molecule has 0 aliphatic carbocycles. The quantitative estimate of drug-likeness (QED) is 0.856. The van der Waals surface area contributed by atoms with Crippen molar-refractivity contribution in [2.45, 2.75) is 17.0 Å². The molecule has 2 aromatic rings. The molecule has 0 atom stereocenters. The first-order chi connectivity index (χ1) is 8.51. The Labute approximate surface area is 110 Å². The molecular weight excluding hydrogens is 272 g/mol. The van der Waals surface area contributed by atoms with Crippen LogP contribution in [0.3, 0.4) is 0 Å². The van der Waals surface area contributed by atoms with Crippen LogP contribution in [-0.2, 0) is 15.6 Å². The lowest BCUT2D eigenvalue weighted by molar-refractivity contribution is 0.383. The van der Waals surface area contributed by atoms with Crippen molar-refractivity contribution in [3.63, 3.8) is 0 Å². The van der Waals surface area contributed by atoms with Crippen molar-refractivity contribution in [3.05, 3.63) is 35.4 Å². The molecule has 0 fully saturated rings. The molecule has 2 rings (SSSR count). The zero-order valence-electron chi connectivity index (χ0n) is 9.95. The van der Waals surface area contributed by atoms with E-state index >= 15 is 0 Å². The number of methoxy groups -OCH3 is 1. The summed E-state index contributed by atoms with van der Waals surface area (Å²) in [7, 11) is -2.05. The summed E-state index contributed by atoms with van der Waals surface area (Å²) in [5.41, 5.74) is 1.82. The summed E-state index contributed by atoms with van der Waals surface area (Å²) in [6, 6.07) is 7.44. The molecule has 5 nitrogen and oxygen atoms in total. The van der Waals surface area contributed by atoms with Gasteiger partial charge in [0.25, 0.3) is 0 Å². The zero-order chi connectivity index (χ0) is 13.2. The third kappa shape index (κ3) is 2.85. The molecule has 0 spiro atoms. The van der Waals surface area contributed by atoms with E-state index in [-0.39, 0.29) is 16.1 Å². The maximum absolute atomic E-state index is 12.1. The van der Waals surface area contributed by atoms with Crippen LogP contribution in [0.1, 0.15) is 11.1 Å². The van der Waals surface area contributed by atoms with Gasteiger partial charge in [0.05, 0.1) is 12.9 Å². The lowest BCUT2D eigenvalue weighted by atomic mass is 10.2. The Bertz CT molecular complexity index is 633. The van der Waals surface area contributed by atoms with E-state index in [9.17, 15) is 8.42 Å². The lowest BCUT2D eigenvalue weighted by Crippen LogP contribution is -2.04. The molecule has 0 unspecified atom stereocenters. The van der Waals surface area contributed by atoms with Crippen molar-refractivity contribution in [1.82, 2.24) is 9.36 Å². The van der Waals surface area contributed by atoms with Crippen molar-refractivity contribution in [1.29, 1.82) is 0 Å². The molecule has 0 aliphatic rings. The van der Waals surface area contributed by atoms with Crippen LogP contribution in [0.5, 0.6) is 6.01 Å². The molecule has 0 amide bonds. The monoisotopic (exact) mass is 284 g/mol. The zero-order valence-corrected chi connectivity index (χ0v) is 11.6. The van der Waals surface area contributed by atoms with Gasteiger partial charge in [-0.05, 0) is 12.5 Å². The largest absolute Gasteiger partial charge is 0.466 e. The standard InChI is InChI=1S/C11H12N2O3S2/c1-8-3-5-9(6-4-8)7-18(14,15)11-12-10(16-2)13-17-11/h3-6H,7H2,1-2H3. The van der Waals surface area contributed by atoms with E-state index in [1.54, 1.807) is 12.1 Å². The Morgan fingerprint density at radius 1 is 1.28 bits per heavy atom. The molecule has 0 saturated heterocycles. The van der Waals surface area contributed by atoms with Crippen molar-refractivity contribution >= 4 is 21.4 Å². The minimum atomic E-state index is -3.45. The Morgan fingerprint density at radius 2 is 1.94 bits per heavy atom. The first kappa shape index (κ1) is 13.0. The molecule has 18 heavy (non-hydrogen) atoms. The highest BCUT2D eigenvalue weighted by atomic mass is 32.2. The maximum atomic E-state index is 12.1. The molecule has 1 aromatic heterocycles. The number of aromatic nitrogens is 2. The molecule has 1 aromatic carbocycles. The van der Waals surface area contributed by atoms with Crippen LogP contribution in [-0.4, -0.2) is 24.9 Å². The van der Waals surface area contributed by atoms with Gasteiger partial charge in [-0.1, -0.05) is 29.8 Å². The van der Waals surface area contributed by atoms with Gasteiger partial charge in [-0.15, -0.1) is 4.37 Å². The fourth-order valence-corrected chi connectivity index (χ4v) is 3.48. The van der Waals surface area contributed by atoms with Crippen molar-refractivity contribution < 1.29 is 13.2 Å². The van der Waals surface area contributed by atoms with E-state index in [2.05, 4.69) is 9.36 Å². The summed E-state index contributed by atoms with van der Waals surface area (Å²) < 4.78 is 32.7. The maximum Gasteiger partial charge on any atom is 0.329 e. The highest BCUT2D eigenvalue weighted by Gasteiger charge is 2.21. The highest BCUT2D eigenvalue weighted by molar-refractivity contribution is 7.92. The Morgan fingerprint density at radius 3 is 2.50 bits per heavy atom. The van der Waals surface area contributed by atoms with Crippen LogP contribution >= 0.6 is 11.5 Å². The first-order valence-corrected chi connectivity index (χ1v) is 7.60. The summed E-state index contributed by atoms with van der Waals surface area (Å²) in [6.45, 7) is 1.95. The molecule has 0 radical (unpaired) electrons. The minimum absolute atomic E-state index is 0.0140. The molecule has 0 N–H and O–H groups in total. The van der Waals surface area contributed by atoms with E-state index < -0.39 is 9.84 Å². The fraction of sp³-hybridized carbons (Fsp3) is 0.273. The number of aryl methyl sites for hydroxylation is 1. The normalized spacial score (nSPS) is 11.4. The van der Waals surface area contributed by atoms with E-state index in [0.717, 1.165) is 22.7 Å². The topological polar surface area (TPSA) is 69.2 Å². The first-order valence-electron chi connectivity index (χ1n) is 5.17. The van der Waals surface area contributed by atoms with Crippen LogP contribution in [0.2, 0.25) is 0 Å². The van der Waals surface area contributed by atoms with E-state index in [4.69, 9.17) is 4.74 Å². The van der Waals surface area contributed by atoms with Gasteiger partial charge in [0.1, 0.15) is 0 Å². The summed E-state index contributed by atoms with van der Waals surface area (Å²) >= 11 is 0.829. The minimum Gasteiger partial charge on any atom is -0.466 e. The number of ether oxygens (including phenoxy) is 1. The van der Waals surface area contributed by atoms with Crippen LogP contribution in [0, 0.1) is 6.92 Å². The average Bonchev–Trinajstić information content (AvgIpc) is 2.81. The van der Waals surface area contributed by atoms with Gasteiger partial charge in [0.15, 0.2) is 0 Å².